The molecule has 5 heterocycles. The Bertz CT molecular complexity index is 325. The van der Waals surface area contributed by atoms with Crippen LogP contribution in [0, 0.1) is 11.8 Å². The first-order chi connectivity index (χ1) is 9.90. The predicted octanol–water partition coefficient (Wildman–Crippen LogP) is 2.36. The molecule has 3 atom stereocenters. The highest BCUT2D eigenvalue weighted by Gasteiger charge is 2.37. The van der Waals surface area contributed by atoms with E-state index in [1.54, 1.807) is 0 Å². The molecule has 0 saturated carbocycles. The van der Waals surface area contributed by atoms with Gasteiger partial charge < -0.3 is 14.5 Å². The Balaban J connectivity index is 1.32. The van der Waals surface area contributed by atoms with E-state index in [0.717, 1.165) is 24.5 Å². The van der Waals surface area contributed by atoms with Gasteiger partial charge in [0.25, 0.3) is 0 Å². The molecule has 3 unspecified atom stereocenters. The first-order valence-electron chi connectivity index (χ1n) is 8.98. The highest BCUT2D eigenvalue weighted by Crippen LogP contribution is 2.33. The third kappa shape index (κ3) is 2.65. The van der Waals surface area contributed by atoms with Gasteiger partial charge in [-0.05, 0) is 76.5 Å². The minimum atomic E-state index is 0.552. The van der Waals surface area contributed by atoms with Gasteiger partial charge in [0.05, 0.1) is 12.7 Å². The second-order valence-electron chi connectivity index (χ2n) is 7.51. The molecule has 3 heteroatoms. The number of nitrogens with zero attached hydrogens (tertiary/aromatic N) is 2. The summed E-state index contributed by atoms with van der Waals surface area (Å²) < 4.78 is 6.44. The Hall–Kier alpha value is -0.120. The van der Waals surface area contributed by atoms with E-state index in [-0.39, 0.29) is 0 Å². The van der Waals surface area contributed by atoms with Crippen LogP contribution in [0.3, 0.4) is 0 Å². The van der Waals surface area contributed by atoms with E-state index in [4.69, 9.17) is 4.74 Å². The quantitative estimate of drug-likeness (QED) is 0.788. The van der Waals surface area contributed by atoms with Crippen molar-refractivity contribution < 1.29 is 4.74 Å². The Kier molecular flexibility index (Phi) is 4.02. The van der Waals surface area contributed by atoms with Gasteiger partial charge in [-0.3, -0.25) is 0 Å². The maximum Gasteiger partial charge on any atom is 0.0731 e. The minimum Gasteiger partial charge on any atom is -0.376 e. The van der Waals surface area contributed by atoms with Crippen molar-refractivity contribution in [1.29, 1.82) is 0 Å². The van der Waals surface area contributed by atoms with Gasteiger partial charge in [-0.1, -0.05) is 6.42 Å². The second kappa shape index (κ2) is 5.94. The standard InChI is InChI=1S/C17H30N2O/c1-2-8-19-9-3-4-15(16(19)5-1)13-20-17-12-18-10-6-14(17)7-11-18/h14-17H,1-13H2. The van der Waals surface area contributed by atoms with E-state index in [0.29, 0.717) is 6.10 Å². The molecule has 0 N–H and O–H groups in total. The van der Waals surface area contributed by atoms with Crippen molar-refractivity contribution in [3.63, 3.8) is 0 Å². The molecule has 114 valence electrons. The van der Waals surface area contributed by atoms with Crippen LogP contribution in [0.15, 0.2) is 0 Å². The molecule has 0 amide bonds. The zero-order valence-electron chi connectivity index (χ0n) is 12.8. The van der Waals surface area contributed by atoms with Crippen LogP contribution >= 0.6 is 0 Å². The van der Waals surface area contributed by atoms with Crippen LogP contribution in [0.5, 0.6) is 0 Å². The van der Waals surface area contributed by atoms with Crippen LogP contribution in [-0.2, 0) is 4.74 Å². The monoisotopic (exact) mass is 278 g/mol. The van der Waals surface area contributed by atoms with Gasteiger partial charge in [-0.15, -0.1) is 0 Å². The van der Waals surface area contributed by atoms with Crippen molar-refractivity contribution in [2.24, 2.45) is 11.8 Å². The minimum absolute atomic E-state index is 0.552. The molecule has 2 bridgehead atoms. The molecule has 0 aliphatic carbocycles. The average molecular weight is 278 g/mol. The summed E-state index contributed by atoms with van der Waals surface area (Å²) in [6.07, 6.45) is 10.4. The van der Waals surface area contributed by atoms with Crippen molar-refractivity contribution in [3.05, 3.63) is 0 Å². The van der Waals surface area contributed by atoms with Gasteiger partial charge >= 0.3 is 0 Å². The van der Waals surface area contributed by atoms with Gasteiger partial charge in [-0.2, -0.15) is 0 Å². The highest BCUT2D eigenvalue weighted by atomic mass is 16.5. The smallest absolute Gasteiger partial charge is 0.0731 e. The van der Waals surface area contributed by atoms with Crippen molar-refractivity contribution >= 4 is 0 Å². The summed E-state index contributed by atoms with van der Waals surface area (Å²) in [4.78, 5) is 5.37. The molecule has 5 aliphatic heterocycles. The van der Waals surface area contributed by atoms with E-state index in [1.165, 1.54) is 77.7 Å². The molecule has 5 rings (SSSR count). The van der Waals surface area contributed by atoms with Crippen molar-refractivity contribution in [3.8, 4) is 0 Å². The average Bonchev–Trinajstić information content (AvgIpc) is 2.54. The van der Waals surface area contributed by atoms with Crippen LogP contribution in [0.2, 0.25) is 0 Å². The molecule has 0 aromatic heterocycles. The van der Waals surface area contributed by atoms with Crippen LogP contribution in [-0.4, -0.2) is 61.3 Å². The number of hydrogen-bond acceptors (Lipinski definition) is 3. The summed E-state index contributed by atoms with van der Waals surface area (Å²) in [6.45, 7) is 7.60. The molecular formula is C17H30N2O. The number of ether oxygens (including phenoxy) is 1. The largest absolute Gasteiger partial charge is 0.376 e. The summed E-state index contributed by atoms with van der Waals surface area (Å²) in [7, 11) is 0. The summed E-state index contributed by atoms with van der Waals surface area (Å²) in [5.41, 5.74) is 0. The SMILES string of the molecule is C1CCN2CCCC(COC3CN4CCC3CC4)C2C1. The predicted molar refractivity (Wildman–Crippen MR) is 80.8 cm³/mol. The van der Waals surface area contributed by atoms with Gasteiger partial charge in [0.1, 0.15) is 0 Å². The summed E-state index contributed by atoms with van der Waals surface area (Å²) in [5, 5.41) is 0. The van der Waals surface area contributed by atoms with Crippen molar-refractivity contribution in [2.75, 3.05) is 39.3 Å². The van der Waals surface area contributed by atoms with Crippen LogP contribution in [0.25, 0.3) is 0 Å². The molecule has 0 aromatic carbocycles. The van der Waals surface area contributed by atoms with Crippen LogP contribution < -0.4 is 0 Å². The van der Waals surface area contributed by atoms with Crippen LogP contribution in [0.1, 0.15) is 44.9 Å². The maximum absolute atomic E-state index is 6.44. The lowest BCUT2D eigenvalue weighted by Crippen LogP contribution is -2.53. The normalized spacial score (nSPS) is 45.3. The molecular weight excluding hydrogens is 248 g/mol. The van der Waals surface area contributed by atoms with Crippen molar-refractivity contribution in [2.45, 2.75) is 57.1 Å². The Morgan fingerprint density at radius 2 is 1.70 bits per heavy atom. The van der Waals surface area contributed by atoms with E-state index in [9.17, 15) is 0 Å². The molecule has 0 radical (unpaired) electrons. The molecule has 20 heavy (non-hydrogen) atoms. The fraction of sp³-hybridized carbons (Fsp3) is 1.00. The number of hydrogen-bond donors (Lipinski definition) is 0. The summed E-state index contributed by atoms with van der Waals surface area (Å²) in [6, 6.07) is 0.846. The topological polar surface area (TPSA) is 15.7 Å². The summed E-state index contributed by atoms with van der Waals surface area (Å²) >= 11 is 0. The zero-order chi connectivity index (χ0) is 13.4. The number of fused-ring (bicyclic) bond motifs is 4. The second-order valence-corrected chi connectivity index (χ2v) is 7.51. The number of piperidine rings is 5. The lowest BCUT2D eigenvalue weighted by molar-refractivity contribution is -0.0938. The Labute approximate surface area is 123 Å². The molecule has 0 aromatic rings. The molecule has 5 saturated heterocycles. The molecule has 3 nitrogen and oxygen atoms in total. The maximum atomic E-state index is 6.44. The fourth-order valence-corrected chi connectivity index (χ4v) is 5.12. The van der Waals surface area contributed by atoms with E-state index in [1.807, 2.05) is 0 Å². The summed E-state index contributed by atoms with van der Waals surface area (Å²) in [5.74, 6) is 1.69. The van der Waals surface area contributed by atoms with Gasteiger partial charge in [0.2, 0.25) is 0 Å². The Morgan fingerprint density at radius 1 is 0.850 bits per heavy atom. The first-order valence-corrected chi connectivity index (χ1v) is 8.98. The lowest BCUT2D eigenvalue weighted by Gasteiger charge is -2.47. The van der Waals surface area contributed by atoms with E-state index < -0.39 is 0 Å². The van der Waals surface area contributed by atoms with E-state index >= 15 is 0 Å². The van der Waals surface area contributed by atoms with Gasteiger partial charge in [0, 0.05) is 12.6 Å². The lowest BCUT2D eigenvalue weighted by atomic mass is 9.83. The van der Waals surface area contributed by atoms with E-state index in [2.05, 4.69) is 9.80 Å². The zero-order valence-corrected chi connectivity index (χ0v) is 12.8. The number of rotatable bonds is 3. The fourth-order valence-electron chi connectivity index (χ4n) is 5.12. The molecule has 5 fully saturated rings. The molecule has 5 aliphatic rings. The van der Waals surface area contributed by atoms with Crippen LogP contribution in [0.4, 0.5) is 0 Å². The van der Waals surface area contributed by atoms with Gasteiger partial charge in [0.15, 0.2) is 0 Å². The van der Waals surface area contributed by atoms with Crippen molar-refractivity contribution in [1.82, 2.24) is 9.80 Å². The third-order valence-corrected chi connectivity index (χ3v) is 6.35. The third-order valence-electron chi connectivity index (χ3n) is 6.35. The molecule has 0 spiro atoms. The first kappa shape index (κ1) is 13.5. The van der Waals surface area contributed by atoms with Gasteiger partial charge in [-0.25, -0.2) is 0 Å². The highest BCUT2D eigenvalue weighted by molar-refractivity contribution is 4.90. The Morgan fingerprint density at radius 3 is 2.50 bits per heavy atom.